The summed E-state index contributed by atoms with van der Waals surface area (Å²) in [7, 11) is 0. The van der Waals surface area contributed by atoms with Gasteiger partial charge < -0.3 is 10.3 Å². The van der Waals surface area contributed by atoms with Crippen molar-refractivity contribution in [2.45, 2.75) is 45.7 Å². The van der Waals surface area contributed by atoms with Crippen molar-refractivity contribution >= 4 is 0 Å². The minimum Gasteiger partial charge on any atom is -0.345 e. The van der Waals surface area contributed by atoms with Gasteiger partial charge in [0.25, 0.3) is 0 Å². The number of rotatable bonds is 5. The average molecular weight is 193 g/mol. The van der Waals surface area contributed by atoms with Crippen LogP contribution in [0.4, 0.5) is 0 Å². The van der Waals surface area contributed by atoms with Crippen LogP contribution in [0.2, 0.25) is 0 Å². The zero-order valence-corrected chi connectivity index (χ0v) is 9.01. The van der Waals surface area contributed by atoms with Gasteiger partial charge in [0.05, 0.1) is 0 Å². The van der Waals surface area contributed by atoms with Gasteiger partial charge >= 0.3 is 0 Å². The molecule has 1 aromatic rings. The first-order chi connectivity index (χ1) is 6.74. The first-order valence-corrected chi connectivity index (χ1v) is 5.50. The van der Waals surface area contributed by atoms with Gasteiger partial charge in [-0.2, -0.15) is 0 Å². The lowest BCUT2D eigenvalue weighted by atomic mass is 10.1. The van der Waals surface area contributed by atoms with Crippen molar-refractivity contribution in [2.75, 3.05) is 0 Å². The van der Waals surface area contributed by atoms with Gasteiger partial charge in [-0.15, -0.1) is 0 Å². The number of nitrogens with zero attached hydrogens (tertiary/aromatic N) is 1. The second-order valence-corrected chi connectivity index (χ2v) is 4.61. The quantitative estimate of drug-likeness (QED) is 0.749. The highest BCUT2D eigenvalue weighted by atomic mass is 15.0. The largest absolute Gasteiger partial charge is 0.345 e. The number of hydrogen-bond donors (Lipinski definition) is 2. The van der Waals surface area contributed by atoms with Crippen molar-refractivity contribution in [3.8, 4) is 0 Å². The van der Waals surface area contributed by atoms with Gasteiger partial charge in [-0.05, 0) is 18.8 Å². The zero-order chi connectivity index (χ0) is 9.97. The molecular formula is C11H19N3. The zero-order valence-electron chi connectivity index (χ0n) is 9.01. The molecule has 0 radical (unpaired) electrons. The van der Waals surface area contributed by atoms with Gasteiger partial charge in [-0.1, -0.05) is 13.8 Å². The summed E-state index contributed by atoms with van der Waals surface area (Å²) in [5, 5.41) is 3.47. The Kier molecular flexibility index (Phi) is 2.87. The van der Waals surface area contributed by atoms with Crippen molar-refractivity contribution < 1.29 is 0 Å². The van der Waals surface area contributed by atoms with Crippen LogP contribution >= 0.6 is 0 Å². The fourth-order valence-electron chi connectivity index (χ4n) is 1.53. The molecule has 0 amide bonds. The molecule has 0 spiro atoms. The smallest absolute Gasteiger partial charge is 0.106 e. The number of hydrogen-bond acceptors (Lipinski definition) is 2. The van der Waals surface area contributed by atoms with Crippen LogP contribution in [0.15, 0.2) is 6.20 Å². The van der Waals surface area contributed by atoms with E-state index in [0.29, 0.717) is 5.92 Å². The third-order valence-electron chi connectivity index (χ3n) is 2.44. The molecule has 0 aliphatic heterocycles. The van der Waals surface area contributed by atoms with E-state index in [9.17, 15) is 0 Å². The van der Waals surface area contributed by atoms with Crippen LogP contribution in [0.1, 0.15) is 38.2 Å². The van der Waals surface area contributed by atoms with Gasteiger partial charge in [0.2, 0.25) is 0 Å². The summed E-state index contributed by atoms with van der Waals surface area (Å²) in [6.45, 7) is 5.37. The van der Waals surface area contributed by atoms with E-state index in [2.05, 4.69) is 29.1 Å². The van der Waals surface area contributed by atoms with E-state index in [0.717, 1.165) is 24.8 Å². The summed E-state index contributed by atoms with van der Waals surface area (Å²) in [6, 6.07) is 0.770. The molecule has 0 saturated heterocycles. The van der Waals surface area contributed by atoms with Crippen LogP contribution in [0, 0.1) is 5.92 Å². The lowest BCUT2D eigenvalue weighted by Gasteiger charge is -2.00. The summed E-state index contributed by atoms with van der Waals surface area (Å²) < 4.78 is 0. The molecule has 1 heterocycles. The predicted molar refractivity (Wildman–Crippen MR) is 57.0 cm³/mol. The highest BCUT2D eigenvalue weighted by Gasteiger charge is 2.20. The summed E-state index contributed by atoms with van der Waals surface area (Å²) >= 11 is 0. The second-order valence-electron chi connectivity index (χ2n) is 4.61. The normalized spacial score (nSPS) is 16.5. The molecule has 1 aliphatic carbocycles. The third kappa shape index (κ3) is 2.84. The molecule has 1 saturated carbocycles. The Morgan fingerprint density at radius 3 is 3.00 bits per heavy atom. The molecule has 0 atom stereocenters. The standard InChI is InChI=1S/C11H19N3/c1-8(2)5-11-13-7-10(14-11)6-12-9-3-4-9/h7-9,12H,3-6H2,1-2H3,(H,13,14). The van der Waals surface area contributed by atoms with Crippen LogP contribution in [0.3, 0.4) is 0 Å². The molecule has 78 valence electrons. The topological polar surface area (TPSA) is 40.7 Å². The molecule has 1 aliphatic rings. The molecule has 1 aromatic heterocycles. The van der Waals surface area contributed by atoms with Gasteiger partial charge in [0, 0.05) is 30.9 Å². The van der Waals surface area contributed by atoms with Crippen molar-refractivity contribution in [1.82, 2.24) is 15.3 Å². The van der Waals surface area contributed by atoms with Crippen LogP contribution in [-0.2, 0) is 13.0 Å². The minimum absolute atomic E-state index is 0.672. The summed E-state index contributed by atoms with van der Waals surface area (Å²) in [5.74, 6) is 1.79. The molecule has 0 unspecified atom stereocenters. The Labute approximate surface area is 85.3 Å². The van der Waals surface area contributed by atoms with Gasteiger partial charge in [-0.25, -0.2) is 4.98 Å². The third-order valence-corrected chi connectivity index (χ3v) is 2.44. The van der Waals surface area contributed by atoms with Crippen LogP contribution in [0.5, 0.6) is 0 Å². The Hall–Kier alpha value is -0.830. The van der Waals surface area contributed by atoms with Crippen LogP contribution in [-0.4, -0.2) is 16.0 Å². The molecule has 3 nitrogen and oxygen atoms in total. The van der Waals surface area contributed by atoms with E-state index in [-0.39, 0.29) is 0 Å². The van der Waals surface area contributed by atoms with E-state index in [1.165, 1.54) is 18.5 Å². The maximum Gasteiger partial charge on any atom is 0.106 e. The molecule has 3 heteroatoms. The molecule has 0 bridgehead atoms. The summed E-state index contributed by atoms with van der Waals surface area (Å²) in [5.41, 5.74) is 1.22. The van der Waals surface area contributed by atoms with Gasteiger partial charge in [0.15, 0.2) is 0 Å². The second kappa shape index (κ2) is 4.13. The van der Waals surface area contributed by atoms with E-state index in [1.807, 2.05) is 6.20 Å². The molecule has 14 heavy (non-hydrogen) atoms. The highest BCUT2D eigenvalue weighted by molar-refractivity contribution is 5.02. The van der Waals surface area contributed by atoms with Crippen LogP contribution in [0.25, 0.3) is 0 Å². The van der Waals surface area contributed by atoms with Crippen molar-refractivity contribution in [3.63, 3.8) is 0 Å². The SMILES string of the molecule is CC(C)Cc1ncc(CNC2CC2)[nH]1. The van der Waals surface area contributed by atoms with E-state index >= 15 is 0 Å². The highest BCUT2D eigenvalue weighted by Crippen LogP contribution is 2.19. The first-order valence-electron chi connectivity index (χ1n) is 5.50. The first kappa shape index (κ1) is 9.71. The molecule has 2 rings (SSSR count). The fourth-order valence-corrected chi connectivity index (χ4v) is 1.53. The maximum atomic E-state index is 4.36. The van der Waals surface area contributed by atoms with Gasteiger partial charge in [-0.3, -0.25) is 0 Å². The summed E-state index contributed by atoms with van der Waals surface area (Å²) in [6.07, 6.45) is 5.68. The average Bonchev–Trinajstić information content (AvgIpc) is 2.84. The Morgan fingerprint density at radius 2 is 2.36 bits per heavy atom. The number of H-pyrrole nitrogens is 1. The number of aromatic nitrogens is 2. The molecule has 0 aromatic carbocycles. The Balaban J connectivity index is 1.81. The lowest BCUT2D eigenvalue weighted by molar-refractivity contribution is 0.621. The predicted octanol–water partition coefficient (Wildman–Crippen LogP) is 1.86. The van der Waals surface area contributed by atoms with E-state index in [4.69, 9.17) is 0 Å². The van der Waals surface area contributed by atoms with E-state index < -0.39 is 0 Å². The number of aromatic amines is 1. The fraction of sp³-hybridized carbons (Fsp3) is 0.727. The van der Waals surface area contributed by atoms with Crippen molar-refractivity contribution in [1.29, 1.82) is 0 Å². The lowest BCUT2D eigenvalue weighted by Crippen LogP contribution is -2.15. The van der Waals surface area contributed by atoms with Gasteiger partial charge in [0.1, 0.15) is 5.82 Å². The van der Waals surface area contributed by atoms with Crippen molar-refractivity contribution in [2.24, 2.45) is 5.92 Å². The number of nitrogens with one attached hydrogen (secondary N) is 2. The minimum atomic E-state index is 0.672. The Bertz CT molecular complexity index is 286. The maximum absolute atomic E-state index is 4.36. The monoisotopic (exact) mass is 193 g/mol. The molecule has 1 fully saturated rings. The number of imidazole rings is 1. The molecule has 2 N–H and O–H groups in total. The van der Waals surface area contributed by atoms with Crippen LogP contribution < -0.4 is 5.32 Å². The Morgan fingerprint density at radius 1 is 1.57 bits per heavy atom. The molecular weight excluding hydrogens is 174 g/mol. The van der Waals surface area contributed by atoms with Crippen molar-refractivity contribution in [3.05, 3.63) is 17.7 Å². The van der Waals surface area contributed by atoms with E-state index in [1.54, 1.807) is 0 Å². The summed E-state index contributed by atoms with van der Waals surface area (Å²) in [4.78, 5) is 7.71.